The van der Waals surface area contributed by atoms with E-state index in [1.54, 1.807) is 6.08 Å². The molecule has 0 fully saturated rings. The second kappa shape index (κ2) is 6.80. The molecule has 3 nitrogen and oxygen atoms in total. The van der Waals surface area contributed by atoms with Crippen molar-refractivity contribution in [2.24, 2.45) is 0 Å². The van der Waals surface area contributed by atoms with Gasteiger partial charge in [0, 0.05) is 13.5 Å². The summed E-state index contributed by atoms with van der Waals surface area (Å²) in [6.07, 6.45) is 1.54. The zero-order valence-corrected chi connectivity index (χ0v) is 9.39. The summed E-state index contributed by atoms with van der Waals surface area (Å²) < 4.78 is 10.1. The first-order valence-corrected chi connectivity index (χ1v) is 5.12. The van der Waals surface area contributed by atoms with E-state index in [1.807, 2.05) is 30.3 Å². The molecule has 0 heterocycles. The third-order valence-electron chi connectivity index (χ3n) is 2.15. The van der Waals surface area contributed by atoms with Crippen molar-refractivity contribution in [1.29, 1.82) is 0 Å². The molecule has 0 radical (unpaired) electrons. The van der Waals surface area contributed by atoms with E-state index in [4.69, 9.17) is 9.47 Å². The molecule has 0 aromatic heterocycles. The summed E-state index contributed by atoms with van der Waals surface area (Å²) >= 11 is 0. The Morgan fingerprint density at radius 3 is 2.69 bits per heavy atom. The average molecular weight is 220 g/mol. The number of esters is 1. The lowest BCUT2D eigenvalue weighted by molar-refractivity contribution is -0.156. The van der Waals surface area contributed by atoms with E-state index in [0.29, 0.717) is 6.42 Å². The molecule has 1 rings (SSSR count). The Labute approximate surface area is 95.7 Å². The van der Waals surface area contributed by atoms with Gasteiger partial charge in [-0.1, -0.05) is 36.4 Å². The summed E-state index contributed by atoms with van der Waals surface area (Å²) in [6, 6.07) is 9.54. The molecule has 1 aromatic carbocycles. The molecule has 0 bridgehead atoms. The van der Waals surface area contributed by atoms with Gasteiger partial charge in [0.1, 0.15) is 6.61 Å². The lowest BCUT2D eigenvalue weighted by atomic mass is 10.2. The van der Waals surface area contributed by atoms with Crippen molar-refractivity contribution in [2.45, 2.75) is 19.1 Å². The number of hydrogen-bond acceptors (Lipinski definition) is 3. The molecule has 0 aliphatic rings. The van der Waals surface area contributed by atoms with Gasteiger partial charge in [-0.3, -0.25) is 0 Å². The third-order valence-corrected chi connectivity index (χ3v) is 2.15. The molecule has 3 heteroatoms. The number of hydrogen-bond donors (Lipinski definition) is 0. The summed E-state index contributed by atoms with van der Waals surface area (Å²) in [7, 11) is 1.48. The van der Waals surface area contributed by atoms with Crippen molar-refractivity contribution in [3.63, 3.8) is 0 Å². The van der Waals surface area contributed by atoms with Gasteiger partial charge in [-0.25, -0.2) is 4.79 Å². The highest BCUT2D eigenvalue weighted by molar-refractivity contribution is 5.74. The van der Waals surface area contributed by atoms with E-state index in [9.17, 15) is 4.79 Å². The Kier molecular flexibility index (Phi) is 5.29. The van der Waals surface area contributed by atoms with Crippen molar-refractivity contribution < 1.29 is 14.3 Å². The number of benzene rings is 1. The van der Waals surface area contributed by atoms with Gasteiger partial charge in [0.25, 0.3) is 0 Å². The van der Waals surface area contributed by atoms with Crippen LogP contribution in [0.25, 0.3) is 0 Å². The second-order valence-electron chi connectivity index (χ2n) is 3.34. The minimum absolute atomic E-state index is 0.274. The van der Waals surface area contributed by atoms with Crippen LogP contribution in [0.2, 0.25) is 0 Å². The first-order valence-electron chi connectivity index (χ1n) is 5.12. The summed E-state index contributed by atoms with van der Waals surface area (Å²) in [5, 5.41) is 0. The number of methoxy groups -OCH3 is 1. The zero-order chi connectivity index (χ0) is 11.8. The topological polar surface area (TPSA) is 35.5 Å². The van der Waals surface area contributed by atoms with Crippen LogP contribution in [-0.4, -0.2) is 19.2 Å². The molecule has 0 unspecified atom stereocenters. The Morgan fingerprint density at radius 2 is 2.12 bits per heavy atom. The van der Waals surface area contributed by atoms with Crippen LogP contribution in [0.1, 0.15) is 12.0 Å². The zero-order valence-electron chi connectivity index (χ0n) is 9.39. The molecule has 1 atom stereocenters. The number of ether oxygens (including phenoxy) is 2. The van der Waals surface area contributed by atoms with Crippen LogP contribution in [0, 0.1) is 0 Å². The highest BCUT2D eigenvalue weighted by atomic mass is 16.6. The van der Waals surface area contributed by atoms with Crippen LogP contribution >= 0.6 is 0 Å². The molecule has 16 heavy (non-hydrogen) atoms. The molecular formula is C13H16O3. The van der Waals surface area contributed by atoms with Crippen LogP contribution in [0.5, 0.6) is 0 Å². The Bertz CT molecular complexity index is 332. The van der Waals surface area contributed by atoms with Crippen LogP contribution in [-0.2, 0) is 20.9 Å². The molecule has 86 valence electrons. The molecule has 1 aromatic rings. The van der Waals surface area contributed by atoms with Gasteiger partial charge >= 0.3 is 5.97 Å². The maximum atomic E-state index is 11.5. The summed E-state index contributed by atoms with van der Waals surface area (Å²) in [5.41, 5.74) is 0.962. The quantitative estimate of drug-likeness (QED) is 0.545. The predicted octanol–water partition coefficient (Wildman–Crippen LogP) is 2.32. The van der Waals surface area contributed by atoms with E-state index in [2.05, 4.69) is 6.58 Å². The largest absolute Gasteiger partial charge is 0.459 e. The van der Waals surface area contributed by atoms with Crippen molar-refractivity contribution in [3.05, 3.63) is 48.6 Å². The van der Waals surface area contributed by atoms with Gasteiger partial charge < -0.3 is 9.47 Å². The maximum absolute atomic E-state index is 11.5. The number of carbonyl (C=O) groups is 1. The molecule has 0 aliphatic carbocycles. The Hall–Kier alpha value is -1.61. The number of carbonyl (C=O) groups excluding carboxylic acids is 1. The highest BCUT2D eigenvalue weighted by Crippen LogP contribution is 2.05. The van der Waals surface area contributed by atoms with Crippen LogP contribution in [0.4, 0.5) is 0 Å². The smallest absolute Gasteiger partial charge is 0.335 e. The molecule has 0 N–H and O–H groups in total. The summed E-state index contributed by atoms with van der Waals surface area (Å²) in [4.78, 5) is 11.5. The van der Waals surface area contributed by atoms with Gasteiger partial charge in [0.2, 0.25) is 0 Å². The fourth-order valence-electron chi connectivity index (χ4n) is 1.26. The minimum Gasteiger partial charge on any atom is -0.459 e. The first-order chi connectivity index (χ1) is 7.77. The van der Waals surface area contributed by atoms with Crippen LogP contribution in [0.3, 0.4) is 0 Å². The molecule has 0 saturated heterocycles. The Morgan fingerprint density at radius 1 is 1.44 bits per heavy atom. The van der Waals surface area contributed by atoms with E-state index in [1.165, 1.54) is 7.11 Å². The third kappa shape index (κ3) is 3.87. The molecule has 0 saturated carbocycles. The lowest BCUT2D eigenvalue weighted by Crippen LogP contribution is -2.24. The van der Waals surface area contributed by atoms with Crippen molar-refractivity contribution >= 4 is 5.97 Å². The number of rotatable bonds is 6. The minimum atomic E-state index is -0.554. The summed E-state index contributed by atoms with van der Waals surface area (Å²) in [5.74, 6) is -0.355. The van der Waals surface area contributed by atoms with E-state index >= 15 is 0 Å². The average Bonchev–Trinajstić information content (AvgIpc) is 2.34. The first kappa shape index (κ1) is 12.5. The SMILES string of the molecule is C=CC[C@@H](OC)C(=O)OCc1ccccc1. The summed E-state index contributed by atoms with van der Waals surface area (Å²) in [6.45, 7) is 3.84. The van der Waals surface area contributed by atoms with E-state index in [0.717, 1.165) is 5.56 Å². The second-order valence-corrected chi connectivity index (χ2v) is 3.34. The lowest BCUT2D eigenvalue weighted by Gasteiger charge is -2.12. The van der Waals surface area contributed by atoms with E-state index < -0.39 is 6.10 Å². The van der Waals surface area contributed by atoms with Crippen molar-refractivity contribution in [3.8, 4) is 0 Å². The highest BCUT2D eigenvalue weighted by Gasteiger charge is 2.17. The normalized spacial score (nSPS) is 11.8. The van der Waals surface area contributed by atoms with Crippen LogP contribution in [0.15, 0.2) is 43.0 Å². The molecular weight excluding hydrogens is 204 g/mol. The van der Waals surface area contributed by atoms with Gasteiger partial charge in [-0.05, 0) is 5.56 Å². The van der Waals surface area contributed by atoms with Gasteiger partial charge in [-0.15, -0.1) is 6.58 Å². The fraction of sp³-hybridized carbons (Fsp3) is 0.308. The van der Waals surface area contributed by atoms with Gasteiger partial charge in [0.05, 0.1) is 0 Å². The standard InChI is InChI=1S/C13H16O3/c1-3-7-12(15-2)13(14)16-10-11-8-5-4-6-9-11/h3-6,8-9,12H,1,7,10H2,2H3/t12-/m1/s1. The fourth-order valence-corrected chi connectivity index (χ4v) is 1.26. The van der Waals surface area contributed by atoms with Crippen LogP contribution < -0.4 is 0 Å². The van der Waals surface area contributed by atoms with E-state index in [-0.39, 0.29) is 12.6 Å². The monoisotopic (exact) mass is 220 g/mol. The van der Waals surface area contributed by atoms with Crippen molar-refractivity contribution in [2.75, 3.05) is 7.11 Å². The molecule has 0 aliphatic heterocycles. The van der Waals surface area contributed by atoms with Gasteiger partial charge in [-0.2, -0.15) is 0 Å². The van der Waals surface area contributed by atoms with Crippen molar-refractivity contribution in [1.82, 2.24) is 0 Å². The predicted molar refractivity (Wildman–Crippen MR) is 61.8 cm³/mol. The maximum Gasteiger partial charge on any atom is 0.335 e. The van der Waals surface area contributed by atoms with Gasteiger partial charge in [0.15, 0.2) is 6.10 Å². The molecule has 0 amide bonds. The Balaban J connectivity index is 2.42. The molecule has 0 spiro atoms.